The van der Waals surface area contributed by atoms with Crippen LogP contribution in [0.1, 0.15) is 32.6 Å². The van der Waals surface area contributed by atoms with Gasteiger partial charge in [-0.25, -0.2) is 8.42 Å². The molecule has 0 aromatic carbocycles. The summed E-state index contributed by atoms with van der Waals surface area (Å²) in [6.07, 6.45) is 7.07. The molecule has 1 aromatic rings. The van der Waals surface area contributed by atoms with Crippen LogP contribution < -0.4 is 5.32 Å². The van der Waals surface area contributed by atoms with Crippen molar-refractivity contribution in [3.05, 3.63) is 18.5 Å². The Morgan fingerprint density at radius 3 is 2.55 bits per heavy atom. The zero-order chi connectivity index (χ0) is 14.8. The third kappa shape index (κ3) is 2.96. The highest BCUT2D eigenvalue weighted by atomic mass is 32.2. The predicted octanol–water partition coefficient (Wildman–Crippen LogP) is 2.32. The minimum atomic E-state index is -3.49. The molecule has 1 saturated carbocycles. The molecule has 0 unspecified atom stereocenters. The second-order valence-electron chi connectivity index (χ2n) is 5.56. The lowest BCUT2D eigenvalue weighted by atomic mass is 9.87. The van der Waals surface area contributed by atoms with Gasteiger partial charge in [-0.05, 0) is 37.7 Å². The van der Waals surface area contributed by atoms with Crippen LogP contribution in [0.25, 0.3) is 0 Å². The number of nitrogens with one attached hydrogen (secondary N) is 1. The van der Waals surface area contributed by atoms with Gasteiger partial charge in [0.25, 0.3) is 0 Å². The molecule has 0 aliphatic heterocycles. The molecule has 5 nitrogen and oxygen atoms in total. The van der Waals surface area contributed by atoms with E-state index in [0.717, 1.165) is 25.7 Å². The first kappa shape index (κ1) is 15.3. The Morgan fingerprint density at radius 2 is 1.95 bits per heavy atom. The van der Waals surface area contributed by atoms with E-state index in [1.807, 2.05) is 0 Å². The molecule has 1 N–H and O–H groups in total. The molecule has 1 heterocycles. The first-order chi connectivity index (χ1) is 9.46. The number of anilines is 1. The molecule has 0 atom stereocenters. The van der Waals surface area contributed by atoms with Crippen LogP contribution in [0.2, 0.25) is 0 Å². The summed E-state index contributed by atoms with van der Waals surface area (Å²) < 4.78 is 27.0. The third-order valence-corrected chi connectivity index (χ3v) is 6.15. The summed E-state index contributed by atoms with van der Waals surface area (Å²) in [7, 11) is -0.0887. The summed E-state index contributed by atoms with van der Waals surface area (Å²) in [6.45, 7) is 2.23. The van der Waals surface area contributed by atoms with Gasteiger partial charge >= 0.3 is 0 Å². The summed E-state index contributed by atoms with van der Waals surface area (Å²) in [4.78, 5) is 4.21. The average Bonchev–Trinajstić information content (AvgIpc) is 2.47. The van der Waals surface area contributed by atoms with E-state index in [2.05, 4.69) is 17.2 Å². The van der Waals surface area contributed by atoms with Crippen molar-refractivity contribution in [2.45, 2.75) is 43.5 Å². The Hall–Kier alpha value is -1.14. The van der Waals surface area contributed by atoms with Crippen LogP contribution in [0.3, 0.4) is 0 Å². The second kappa shape index (κ2) is 6.10. The lowest BCUT2D eigenvalue weighted by Gasteiger charge is -2.33. The quantitative estimate of drug-likeness (QED) is 0.926. The fourth-order valence-corrected chi connectivity index (χ4v) is 4.31. The van der Waals surface area contributed by atoms with Crippen LogP contribution in [0.15, 0.2) is 23.4 Å². The van der Waals surface area contributed by atoms with E-state index < -0.39 is 10.0 Å². The van der Waals surface area contributed by atoms with E-state index in [1.165, 1.54) is 10.5 Å². The van der Waals surface area contributed by atoms with Crippen LogP contribution in [0, 0.1) is 5.92 Å². The zero-order valence-electron chi connectivity index (χ0n) is 12.3. The van der Waals surface area contributed by atoms with Gasteiger partial charge in [-0.15, -0.1) is 0 Å². The Bertz CT molecular complexity index is 551. The molecule has 0 bridgehead atoms. The number of aromatic nitrogens is 1. The van der Waals surface area contributed by atoms with E-state index in [0.29, 0.717) is 11.6 Å². The lowest BCUT2D eigenvalue weighted by molar-refractivity contribution is 0.246. The van der Waals surface area contributed by atoms with E-state index in [9.17, 15) is 8.42 Å². The number of hydrogen-bond acceptors (Lipinski definition) is 4. The molecule has 0 saturated heterocycles. The molecular formula is C14H23N3O2S. The topological polar surface area (TPSA) is 62.3 Å². The molecule has 0 amide bonds. The van der Waals surface area contributed by atoms with Crippen LogP contribution >= 0.6 is 0 Å². The second-order valence-corrected chi connectivity index (χ2v) is 7.52. The summed E-state index contributed by atoms with van der Waals surface area (Å²) in [6, 6.07) is 1.78. The molecule has 1 aliphatic rings. The van der Waals surface area contributed by atoms with Gasteiger partial charge in [0.1, 0.15) is 4.90 Å². The van der Waals surface area contributed by atoms with Crippen molar-refractivity contribution in [2.75, 3.05) is 19.4 Å². The van der Waals surface area contributed by atoms with Gasteiger partial charge in [-0.3, -0.25) is 4.98 Å². The van der Waals surface area contributed by atoms with Gasteiger partial charge in [0.15, 0.2) is 0 Å². The molecule has 1 aromatic heterocycles. The molecule has 20 heavy (non-hydrogen) atoms. The van der Waals surface area contributed by atoms with Crippen molar-refractivity contribution < 1.29 is 8.42 Å². The molecule has 6 heteroatoms. The summed E-state index contributed by atoms with van der Waals surface area (Å²) in [5.74, 6) is 0.702. The maximum absolute atomic E-state index is 12.7. The molecular weight excluding hydrogens is 274 g/mol. The van der Waals surface area contributed by atoms with E-state index in [1.54, 1.807) is 26.4 Å². The monoisotopic (exact) mass is 297 g/mol. The number of sulfonamides is 1. The SMILES string of the molecule is CNc1ccncc1S(=O)(=O)N(C)C1CCC(C)CC1. The van der Waals surface area contributed by atoms with Crippen LogP contribution in [-0.4, -0.2) is 37.8 Å². The van der Waals surface area contributed by atoms with Gasteiger partial charge in [0, 0.05) is 32.5 Å². The highest BCUT2D eigenvalue weighted by molar-refractivity contribution is 7.89. The minimum absolute atomic E-state index is 0.0983. The maximum atomic E-state index is 12.7. The maximum Gasteiger partial charge on any atom is 0.246 e. The zero-order valence-corrected chi connectivity index (χ0v) is 13.2. The molecule has 1 aliphatic carbocycles. The standard InChI is InChI=1S/C14H23N3O2S/c1-11-4-6-12(7-5-11)17(3)20(18,19)14-10-16-9-8-13(14)15-2/h8-12H,4-7H2,1-3H3,(H,15,16). The summed E-state index contributed by atoms with van der Waals surface area (Å²) >= 11 is 0. The minimum Gasteiger partial charge on any atom is -0.387 e. The Labute approximate surface area is 121 Å². The largest absolute Gasteiger partial charge is 0.387 e. The van der Waals surface area contributed by atoms with Gasteiger partial charge < -0.3 is 5.32 Å². The third-order valence-electron chi connectivity index (χ3n) is 4.21. The highest BCUT2D eigenvalue weighted by Crippen LogP contribution is 2.31. The predicted molar refractivity (Wildman–Crippen MR) is 80.2 cm³/mol. The van der Waals surface area contributed by atoms with Crippen molar-refractivity contribution in [1.82, 2.24) is 9.29 Å². The first-order valence-corrected chi connectivity index (χ1v) is 8.50. The number of rotatable bonds is 4. The molecule has 0 spiro atoms. The van der Waals surface area contributed by atoms with Crippen LogP contribution in [0.5, 0.6) is 0 Å². The Kier molecular flexibility index (Phi) is 4.65. The van der Waals surface area contributed by atoms with Crippen LogP contribution in [-0.2, 0) is 10.0 Å². The molecule has 2 rings (SSSR count). The number of hydrogen-bond donors (Lipinski definition) is 1. The van der Waals surface area contributed by atoms with Gasteiger partial charge in [-0.2, -0.15) is 4.31 Å². The normalized spacial score (nSPS) is 23.8. The van der Waals surface area contributed by atoms with Crippen molar-refractivity contribution in [3.63, 3.8) is 0 Å². The Morgan fingerprint density at radius 1 is 1.30 bits per heavy atom. The fourth-order valence-electron chi connectivity index (χ4n) is 2.75. The highest BCUT2D eigenvalue weighted by Gasteiger charge is 2.31. The number of nitrogens with zero attached hydrogens (tertiary/aromatic N) is 2. The average molecular weight is 297 g/mol. The summed E-state index contributed by atoms with van der Waals surface area (Å²) in [5, 5.41) is 2.92. The molecule has 1 fully saturated rings. The van der Waals surface area contributed by atoms with Crippen molar-refractivity contribution in [1.29, 1.82) is 0 Å². The van der Waals surface area contributed by atoms with Gasteiger partial charge in [0.2, 0.25) is 10.0 Å². The number of pyridine rings is 1. The van der Waals surface area contributed by atoms with E-state index in [4.69, 9.17) is 0 Å². The van der Waals surface area contributed by atoms with Crippen molar-refractivity contribution >= 4 is 15.7 Å². The van der Waals surface area contributed by atoms with Crippen LogP contribution in [0.4, 0.5) is 5.69 Å². The van der Waals surface area contributed by atoms with Gasteiger partial charge in [0.05, 0.1) is 5.69 Å². The van der Waals surface area contributed by atoms with E-state index >= 15 is 0 Å². The fraction of sp³-hybridized carbons (Fsp3) is 0.643. The lowest BCUT2D eigenvalue weighted by Crippen LogP contribution is -2.39. The van der Waals surface area contributed by atoms with Crippen molar-refractivity contribution in [2.24, 2.45) is 5.92 Å². The smallest absolute Gasteiger partial charge is 0.246 e. The Balaban J connectivity index is 2.25. The summed E-state index contributed by atoms with van der Waals surface area (Å²) in [5.41, 5.74) is 0.594. The van der Waals surface area contributed by atoms with Crippen molar-refractivity contribution in [3.8, 4) is 0 Å². The first-order valence-electron chi connectivity index (χ1n) is 7.06. The van der Waals surface area contributed by atoms with Gasteiger partial charge in [-0.1, -0.05) is 6.92 Å². The molecule has 112 valence electrons. The van der Waals surface area contributed by atoms with E-state index in [-0.39, 0.29) is 10.9 Å². The molecule has 0 radical (unpaired) electrons.